The van der Waals surface area contributed by atoms with E-state index < -0.39 is 0 Å². The molecule has 154 valence electrons. The van der Waals surface area contributed by atoms with E-state index in [9.17, 15) is 0 Å². The van der Waals surface area contributed by atoms with E-state index >= 15 is 0 Å². The van der Waals surface area contributed by atoms with Crippen molar-refractivity contribution in [3.63, 3.8) is 0 Å². The van der Waals surface area contributed by atoms with E-state index in [1.165, 1.54) is 16.7 Å². The van der Waals surface area contributed by atoms with Crippen LogP contribution in [0.2, 0.25) is 0 Å². The summed E-state index contributed by atoms with van der Waals surface area (Å²) in [6.45, 7) is 10.6. The molecule has 6 nitrogen and oxygen atoms in total. The van der Waals surface area contributed by atoms with Crippen LogP contribution in [0, 0.1) is 0 Å². The zero-order chi connectivity index (χ0) is 20.7. The first-order valence-electron chi connectivity index (χ1n) is 9.93. The number of guanidine groups is 1. The fourth-order valence-electron chi connectivity index (χ4n) is 3.08. The third-order valence-corrected chi connectivity index (χ3v) is 4.52. The molecule has 1 aromatic heterocycles. The molecule has 0 aliphatic rings. The highest BCUT2D eigenvalue weighted by Gasteiger charge is 2.15. The summed E-state index contributed by atoms with van der Waals surface area (Å²) in [5.74, 6) is 1.27. The molecule has 28 heavy (non-hydrogen) atoms. The fourth-order valence-corrected chi connectivity index (χ4v) is 3.08. The molecule has 0 aliphatic carbocycles. The lowest BCUT2D eigenvalue weighted by Crippen LogP contribution is -2.38. The van der Waals surface area contributed by atoms with Gasteiger partial charge in [-0.1, -0.05) is 38.1 Å². The minimum absolute atomic E-state index is 0.247. The van der Waals surface area contributed by atoms with Crippen LogP contribution in [0.4, 0.5) is 0 Å². The number of rotatable bonds is 8. The van der Waals surface area contributed by atoms with E-state index in [-0.39, 0.29) is 6.10 Å². The highest BCUT2D eigenvalue weighted by Crippen LogP contribution is 2.18. The lowest BCUT2D eigenvalue weighted by molar-refractivity contribution is 0.0657. The summed E-state index contributed by atoms with van der Waals surface area (Å²) in [5.41, 5.74) is 4.78. The van der Waals surface area contributed by atoms with Crippen molar-refractivity contribution in [2.45, 2.75) is 59.4 Å². The Bertz CT molecular complexity index is 762. The maximum atomic E-state index is 5.65. The molecule has 0 saturated carbocycles. The van der Waals surface area contributed by atoms with Gasteiger partial charge in [0.15, 0.2) is 5.96 Å². The van der Waals surface area contributed by atoms with E-state index in [0.29, 0.717) is 12.5 Å². The normalized spacial score (nSPS) is 12.1. The van der Waals surface area contributed by atoms with Crippen molar-refractivity contribution in [3.8, 4) is 0 Å². The van der Waals surface area contributed by atoms with Crippen LogP contribution in [-0.2, 0) is 31.5 Å². The Balaban J connectivity index is 1.93. The van der Waals surface area contributed by atoms with Gasteiger partial charge in [0.05, 0.1) is 18.4 Å². The van der Waals surface area contributed by atoms with E-state index in [1.807, 2.05) is 18.8 Å². The molecular formula is C22H35N5O. The highest BCUT2D eigenvalue weighted by atomic mass is 16.5. The van der Waals surface area contributed by atoms with E-state index in [4.69, 9.17) is 4.74 Å². The fraction of sp³-hybridized carbons (Fsp3) is 0.545. The van der Waals surface area contributed by atoms with Gasteiger partial charge in [-0.15, -0.1) is 0 Å². The van der Waals surface area contributed by atoms with Crippen molar-refractivity contribution in [1.29, 1.82) is 0 Å². The molecule has 1 N–H and O–H groups in total. The third kappa shape index (κ3) is 6.37. The van der Waals surface area contributed by atoms with Crippen molar-refractivity contribution < 1.29 is 4.74 Å². The monoisotopic (exact) mass is 385 g/mol. The molecule has 1 heterocycles. The molecule has 0 unspecified atom stereocenters. The summed E-state index contributed by atoms with van der Waals surface area (Å²) in [4.78, 5) is 6.56. The Kier molecular flexibility index (Phi) is 8.05. The number of aromatic nitrogens is 2. The number of aryl methyl sites for hydroxylation is 1. The maximum Gasteiger partial charge on any atom is 0.193 e. The second-order valence-electron chi connectivity index (χ2n) is 7.80. The number of hydrogen-bond donors (Lipinski definition) is 1. The van der Waals surface area contributed by atoms with Gasteiger partial charge in [0, 0.05) is 46.0 Å². The predicted octanol–water partition coefficient (Wildman–Crippen LogP) is 3.68. The topological polar surface area (TPSA) is 54.7 Å². The van der Waals surface area contributed by atoms with Gasteiger partial charge in [0.25, 0.3) is 0 Å². The number of ether oxygens (including phenoxy) is 1. The Hall–Kier alpha value is -2.34. The number of aliphatic imine (C=N–C) groups is 1. The lowest BCUT2D eigenvalue weighted by atomic mass is 10.1. The molecule has 0 bridgehead atoms. The Morgan fingerprint density at radius 1 is 1.18 bits per heavy atom. The molecule has 6 heteroatoms. The van der Waals surface area contributed by atoms with Crippen molar-refractivity contribution in [2.24, 2.45) is 12.0 Å². The smallest absolute Gasteiger partial charge is 0.193 e. The maximum absolute atomic E-state index is 5.65. The first kappa shape index (κ1) is 22.0. The predicted molar refractivity (Wildman–Crippen MR) is 115 cm³/mol. The average molecular weight is 386 g/mol. The molecule has 0 amide bonds. The van der Waals surface area contributed by atoms with Crippen LogP contribution in [0.15, 0.2) is 35.5 Å². The molecule has 0 radical (unpaired) electrons. The van der Waals surface area contributed by atoms with Crippen LogP contribution in [0.3, 0.4) is 0 Å². The van der Waals surface area contributed by atoms with Gasteiger partial charge in [0.1, 0.15) is 0 Å². The van der Waals surface area contributed by atoms with Crippen molar-refractivity contribution >= 4 is 5.96 Å². The van der Waals surface area contributed by atoms with Crippen LogP contribution in [0.1, 0.15) is 56.0 Å². The molecule has 1 aromatic carbocycles. The zero-order valence-electron chi connectivity index (χ0n) is 18.4. The van der Waals surface area contributed by atoms with E-state index in [0.717, 1.165) is 24.7 Å². The second kappa shape index (κ2) is 10.3. The van der Waals surface area contributed by atoms with Crippen LogP contribution in [0.25, 0.3) is 0 Å². The SMILES string of the molecule is CN=C(NCc1ccc(COC(C)C)cc1)N(C)Cc1cn(C)nc1C(C)C. The van der Waals surface area contributed by atoms with Crippen LogP contribution < -0.4 is 5.32 Å². The van der Waals surface area contributed by atoms with Gasteiger partial charge < -0.3 is 15.0 Å². The number of nitrogens with one attached hydrogen (secondary N) is 1. The summed E-state index contributed by atoms with van der Waals surface area (Å²) in [6, 6.07) is 8.52. The second-order valence-corrected chi connectivity index (χ2v) is 7.80. The van der Waals surface area contributed by atoms with Gasteiger partial charge in [-0.05, 0) is 30.9 Å². The van der Waals surface area contributed by atoms with Crippen LogP contribution in [-0.4, -0.2) is 40.8 Å². The van der Waals surface area contributed by atoms with Gasteiger partial charge in [-0.2, -0.15) is 5.10 Å². The van der Waals surface area contributed by atoms with Crippen molar-refractivity contribution in [1.82, 2.24) is 20.0 Å². The molecule has 0 atom stereocenters. The Labute approximate surface area is 169 Å². The first-order valence-corrected chi connectivity index (χ1v) is 9.93. The number of benzene rings is 1. The number of hydrogen-bond acceptors (Lipinski definition) is 3. The summed E-state index contributed by atoms with van der Waals surface area (Å²) < 4.78 is 7.54. The Morgan fingerprint density at radius 3 is 2.39 bits per heavy atom. The molecule has 0 spiro atoms. The largest absolute Gasteiger partial charge is 0.374 e. The molecule has 2 rings (SSSR count). The Morgan fingerprint density at radius 2 is 1.82 bits per heavy atom. The van der Waals surface area contributed by atoms with E-state index in [1.54, 1.807) is 0 Å². The summed E-state index contributed by atoms with van der Waals surface area (Å²) in [5, 5.41) is 8.04. The van der Waals surface area contributed by atoms with E-state index in [2.05, 4.69) is 85.5 Å². The van der Waals surface area contributed by atoms with Gasteiger partial charge >= 0.3 is 0 Å². The van der Waals surface area contributed by atoms with Gasteiger partial charge in [0.2, 0.25) is 0 Å². The van der Waals surface area contributed by atoms with Crippen molar-refractivity contribution in [2.75, 3.05) is 14.1 Å². The summed E-state index contributed by atoms with van der Waals surface area (Å²) in [6.07, 6.45) is 2.34. The van der Waals surface area contributed by atoms with Crippen LogP contribution >= 0.6 is 0 Å². The summed E-state index contributed by atoms with van der Waals surface area (Å²) in [7, 11) is 5.84. The third-order valence-electron chi connectivity index (χ3n) is 4.52. The summed E-state index contributed by atoms with van der Waals surface area (Å²) >= 11 is 0. The quantitative estimate of drug-likeness (QED) is 0.556. The first-order chi connectivity index (χ1) is 13.3. The average Bonchev–Trinajstić information content (AvgIpc) is 3.02. The minimum atomic E-state index is 0.247. The highest BCUT2D eigenvalue weighted by molar-refractivity contribution is 5.79. The molecule has 0 fully saturated rings. The number of nitrogens with zero attached hydrogens (tertiary/aromatic N) is 4. The van der Waals surface area contributed by atoms with Gasteiger partial charge in [-0.3, -0.25) is 9.67 Å². The minimum Gasteiger partial charge on any atom is -0.374 e. The molecule has 0 saturated heterocycles. The lowest BCUT2D eigenvalue weighted by Gasteiger charge is -2.22. The molecule has 2 aromatic rings. The van der Waals surface area contributed by atoms with Gasteiger partial charge in [-0.25, -0.2) is 0 Å². The zero-order valence-corrected chi connectivity index (χ0v) is 18.4. The molecule has 0 aliphatic heterocycles. The van der Waals surface area contributed by atoms with Crippen molar-refractivity contribution in [3.05, 3.63) is 52.8 Å². The standard InChI is InChI=1S/C22H35N5O/c1-16(2)21-20(14-27(7)25-21)13-26(6)22(23-5)24-12-18-8-10-19(11-9-18)15-28-17(3)4/h8-11,14,16-17H,12-13,15H2,1-7H3,(H,23,24). The molecular weight excluding hydrogens is 350 g/mol. The van der Waals surface area contributed by atoms with Crippen LogP contribution in [0.5, 0.6) is 0 Å².